The molecule has 3 aromatic carbocycles. The molecule has 1 aromatic heterocycles. The standard InChI is InChI=1S/C24H23Cl2N3/c1-2-17-7-3-4-8-18(17)24-19(25)13-16(14-20(24)26)15-27-12-11-23-28-21-9-5-6-10-22(21)29-23/h3-10,13-14,27H,2,11-12,15H2,1H3,(H,28,29). The van der Waals surface area contributed by atoms with E-state index in [0.717, 1.165) is 52.9 Å². The smallest absolute Gasteiger partial charge is 0.108 e. The molecular formula is C24H23Cl2N3. The minimum Gasteiger partial charge on any atom is -0.342 e. The SMILES string of the molecule is CCc1ccccc1-c1c(Cl)cc(CNCCc2nc3ccccc3[nH]2)cc1Cl. The molecule has 0 amide bonds. The monoisotopic (exact) mass is 423 g/mol. The molecule has 0 radical (unpaired) electrons. The maximum absolute atomic E-state index is 6.62. The topological polar surface area (TPSA) is 40.7 Å². The molecule has 5 heteroatoms. The van der Waals surface area contributed by atoms with E-state index in [-0.39, 0.29) is 0 Å². The van der Waals surface area contributed by atoms with Crippen LogP contribution in [0.3, 0.4) is 0 Å². The third-order valence-corrected chi connectivity index (χ3v) is 5.67. The van der Waals surface area contributed by atoms with Crippen molar-refractivity contribution in [1.82, 2.24) is 15.3 Å². The molecular weight excluding hydrogens is 401 g/mol. The number of hydrogen-bond acceptors (Lipinski definition) is 2. The van der Waals surface area contributed by atoms with Crippen LogP contribution in [0.2, 0.25) is 10.0 Å². The number of aromatic nitrogens is 2. The molecule has 0 aliphatic rings. The van der Waals surface area contributed by atoms with Crippen molar-refractivity contribution in [2.24, 2.45) is 0 Å². The molecule has 29 heavy (non-hydrogen) atoms. The van der Waals surface area contributed by atoms with Crippen LogP contribution in [0.5, 0.6) is 0 Å². The number of fused-ring (bicyclic) bond motifs is 1. The van der Waals surface area contributed by atoms with Gasteiger partial charge in [0, 0.05) is 25.1 Å². The second-order valence-electron chi connectivity index (χ2n) is 7.07. The van der Waals surface area contributed by atoms with Gasteiger partial charge in [-0.3, -0.25) is 0 Å². The van der Waals surface area contributed by atoms with Gasteiger partial charge in [0.25, 0.3) is 0 Å². The molecule has 0 atom stereocenters. The summed E-state index contributed by atoms with van der Waals surface area (Å²) < 4.78 is 0. The minimum atomic E-state index is 0.687. The third-order valence-electron chi connectivity index (χ3n) is 5.08. The van der Waals surface area contributed by atoms with Crippen molar-refractivity contribution in [2.75, 3.05) is 6.54 Å². The maximum atomic E-state index is 6.62. The Hall–Kier alpha value is -2.33. The Bertz CT molecular complexity index is 1080. The summed E-state index contributed by atoms with van der Waals surface area (Å²) >= 11 is 13.2. The van der Waals surface area contributed by atoms with Crippen LogP contribution in [-0.4, -0.2) is 16.5 Å². The number of H-pyrrole nitrogens is 1. The molecule has 0 saturated heterocycles. The van der Waals surface area contributed by atoms with E-state index in [4.69, 9.17) is 23.2 Å². The maximum Gasteiger partial charge on any atom is 0.108 e. The highest BCUT2D eigenvalue weighted by Gasteiger charge is 2.13. The zero-order chi connectivity index (χ0) is 20.2. The van der Waals surface area contributed by atoms with E-state index in [0.29, 0.717) is 16.6 Å². The fourth-order valence-electron chi connectivity index (χ4n) is 3.62. The van der Waals surface area contributed by atoms with Gasteiger partial charge in [0.15, 0.2) is 0 Å². The molecule has 3 nitrogen and oxygen atoms in total. The molecule has 0 saturated carbocycles. The lowest BCUT2D eigenvalue weighted by molar-refractivity contribution is 0.675. The van der Waals surface area contributed by atoms with Gasteiger partial charge in [-0.1, -0.05) is 66.5 Å². The molecule has 4 aromatic rings. The number of halogens is 2. The van der Waals surface area contributed by atoms with Crippen molar-refractivity contribution in [3.63, 3.8) is 0 Å². The minimum absolute atomic E-state index is 0.687. The Balaban J connectivity index is 1.42. The van der Waals surface area contributed by atoms with E-state index in [1.165, 1.54) is 5.56 Å². The third kappa shape index (κ3) is 4.48. The Morgan fingerprint density at radius 3 is 2.45 bits per heavy atom. The van der Waals surface area contributed by atoms with Crippen LogP contribution in [0.25, 0.3) is 22.2 Å². The number of aromatic amines is 1. The van der Waals surface area contributed by atoms with Gasteiger partial charge < -0.3 is 10.3 Å². The van der Waals surface area contributed by atoms with Crippen molar-refractivity contribution in [3.05, 3.63) is 87.7 Å². The van der Waals surface area contributed by atoms with Crippen LogP contribution in [0, 0.1) is 0 Å². The molecule has 0 bridgehead atoms. The summed E-state index contributed by atoms with van der Waals surface area (Å²) in [5, 5.41) is 4.83. The lowest BCUT2D eigenvalue weighted by atomic mass is 9.97. The van der Waals surface area contributed by atoms with Gasteiger partial charge in [0.1, 0.15) is 5.82 Å². The number of nitrogens with zero attached hydrogens (tertiary/aromatic N) is 1. The Labute approximate surface area is 181 Å². The first-order valence-electron chi connectivity index (χ1n) is 9.86. The Morgan fingerprint density at radius 1 is 0.966 bits per heavy atom. The van der Waals surface area contributed by atoms with Crippen LogP contribution in [0.4, 0.5) is 0 Å². The van der Waals surface area contributed by atoms with Gasteiger partial charge in [0.2, 0.25) is 0 Å². The molecule has 1 heterocycles. The zero-order valence-corrected chi connectivity index (χ0v) is 17.8. The summed E-state index contributed by atoms with van der Waals surface area (Å²) in [5.74, 6) is 0.987. The van der Waals surface area contributed by atoms with Crippen molar-refractivity contribution < 1.29 is 0 Å². The first-order valence-corrected chi connectivity index (χ1v) is 10.6. The van der Waals surface area contributed by atoms with E-state index in [2.05, 4.69) is 34.3 Å². The van der Waals surface area contributed by atoms with E-state index in [1.807, 2.05) is 48.5 Å². The number of benzene rings is 3. The van der Waals surface area contributed by atoms with Gasteiger partial charge >= 0.3 is 0 Å². The summed E-state index contributed by atoms with van der Waals surface area (Å²) in [7, 11) is 0. The van der Waals surface area contributed by atoms with Gasteiger partial charge in [-0.2, -0.15) is 0 Å². The second-order valence-corrected chi connectivity index (χ2v) is 7.89. The summed E-state index contributed by atoms with van der Waals surface area (Å²) in [6, 6.07) is 20.4. The lowest BCUT2D eigenvalue weighted by Crippen LogP contribution is -2.17. The lowest BCUT2D eigenvalue weighted by Gasteiger charge is -2.14. The van der Waals surface area contributed by atoms with Gasteiger partial charge in [-0.05, 0) is 47.4 Å². The Kier molecular flexibility index (Phi) is 6.19. The average Bonchev–Trinajstić information content (AvgIpc) is 3.14. The van der Waals surface area contributed by atoms with Gasteiger partial charge in [-0.25, -0.2) is 4.98 Å². The van der Waals surface area contributed by atoms with E-state index in [1.54, 1.807) is 0 Å². The molecule has 0 fully saturated rings. The van der Waals surface area contributed by atoms with Gasteiger partial charge in [0.05, 0.1) is 21.1 Å². The first-order chi connectivity index (χ1) is 14.2. The highest BCUT2D eigenvalue weighted by molar-refractivity contribution is 6.39. The fraction of sp³-hybridized carbons (Fsp3) is 0.208. The van der Waals surface area contributed by atoms with Crippen LogP contribution < -0.4 is 5.32 Å². The fourth-order valence-corrected chi connectivity index (χ4v) is 4.36. The summed E-state index contributed by atoms with van der Waals surface area (Å²) in [6.45, 7) is 3.66. The van der Waals surface area contributed by atoms with E-state index >= 15 is 0 Å². The number of imidazole rings is 1. The predicted molar refractivity (Wildman–Crippen MR) is 123 cm³/mol. The zero-order valence-electron chi connectivity index (χ0n) is 16.3. The molecule has 4 rings (SSSR count). The number of hydrogen-bond donors (Lipinski definition) is 2. The number of nitrogens with one attached hydrogen (secondary N) is 2. The summed E-state index contributed by atoms with van der Waals surface area (Å²) in [5.41, 5.74) is 6.41. The van der Waals surface area contributed by atoms with Crippen molar-refractivity contribution in [1.29, 1.82) is 0 Å². The number of rotatable bonds is 7. The van der Waals surface area contributed by atoms with Crippen molar-refractivity contribution in [3.8, 4) is 11.1 Å². The second kappa shape index (κ2) is 9.00. The highest BCUT2D eigenvalue weighted by Crippen LogP contribution is 2.37. The first kappa shape index (κ1) is 20.0. The number of aryl methyl sites for hydroxylation is 1. The Morgan fingerprint density at radius 2 is 1.69 bits per heavy atom. The molecule has 0 aliphatic heterocycles. The van der Waals surface area contributed by atoms with Crippen molar-refractivity contribution >= 4 is 34.2 Å². The molecule has 148 valence electrons. The van der Waals surface area contributed by atoms with Crippen LogP contribution in [0.15, 0.2) is 60.7 Å². The summed E-state index contributed by atoms with van der Waals surface area (Å²) in [4.78, 5) is 7.96. The molecule has 0 spiro atoms. The molecule has 2 N–H and O–H groups in total. The highest BCUT2D eigenvalue weighted by atomic mass is 35.5. The number of para-hydroxylation sites is 2. The van der Waals surface area contributed by atoms with E-state index < -0.39 is 0 Å². The summed E-state index contributed by atoms with van der Waals surface area (Å²) in [6.07, 6.45) is 1.77. The van der Waals surface area contributed by atoms with Crippen LogP contribution in [0.1, 0.15) is 23.9 Å². The molecule has 0 unspecified atom stereocenters. The van der Waals surface area contributed by atoms with E-state index in [9.17, 15) is 0 Å². The van der Waals surface area contributed by atoms with Gasteiger partial charge in [-0.15, -0.1) is 0 Å². The predicted octanol–water partition coefficient (Wildman–Crippen LogP) is 6.43. The van der Waals surface area contributed by atoms with Crippen LogP contribution >= 0.6 is 23.2 Å². The normalized spacial score (nSPS) is 11.3. The molecule has 0 aliphatic carbocycles. The van der Waals surface area contributed by atoms with Crippen molar-refractivity contribution in [2.45, 2.75) is 26.3 Å². The average molecular weight is 424 g/mol. The quantitative estimate of drug-likeness (QED) is 0.336. The van der Waals surface area contributed by atoms with Crippen LogP contribution in [-0.2, 0) is 19.4 Å². The largest absolute Gasteiger partial charge is 0.342 e.